The Labute approximate surface area is 113 Å². The van der Waals surface area contributed by atoms with Crippen molar-refractivity contribution < 1.29 is 4.79 Å². The van der Waals surface area contributed by atoms with Crippen molar-refractivity contribution in [1.82, 2.24) is 4.90 Å². The van der Waals surface area contributed by atoms with Crippen LogP contribution in [0, 0.1) is 5.92 Å². The fourth-order valence-electron chi connectivity index (χ4n) is 3.35. The molecule has 2 aliphatic rings. The number of nitrogens with zero attached hydrogens (tertiary/aromatic N) is 1. The second-order valence-corrected chi connectivity index (χ2v) is 5.84. The van der Waals surface area contributed by atoms with Gasteiger partial charge < -0.3 is 4.90 Å². The molecule has 1 aliphatic heterocycles. The summed E-state index contributed by atoms with van der Waals surface area (Å²) in [6, 6.07) is 10.6. The molecule has 0 radical (unpaired) electrons. The minimum atomic E-state index is -0.293. The van der Waals surface area contributed by atoms with Gasteiger partial charge in [0.05, 0.1) is 0 Å². The minimum absolute atomic E-state index is 0.136. The van der Waals surface area contributed by atoms with Gasteiger partial charge >= 0.3 is 0 Å². The van der Waals surface area contributed by atoms with Crippen LogP contribution in [0.4, 0.5) is 0 Å². The summed E-state index contributed by atoms with van der Waals surface area (Å²) in [5, 5.41) is -0.293. The van der Waals surface area contributed by atoms with Crippen LogP contribution >= 0.6 is 11.6 Å². The van der Waals surface area contributed by atoms with Crippen molar-refractivity contribution in [2.45, 2.75) is 43.6 Å². The SMILES string of the molecule is O=C1[C@H](Cl)[C@H]2CCCC[C@H]2N1Cc1ccccc1. The maximum atomic E-state index is 12.3. The van der Waals surface area contributed by atoms with E-state index in [0.717, 1.165) is 12.8 Å². The predicted molar refractivity (Wildman–Crippen MR) is 72.4 cm³/mol. The Morgan fingerprint density at radius 1 is 1.17 bits per heavy atom. The Hall–Kier alpha value is -1.02. The zero-order valence-electron chi connectivity index (χ0n) is 10.4. The first-order chi connectivity index (χ1) is 8.77. The van der Waals surface area contributed by atoms with Crippen LogP contribution in [-0.4, -0.2) is 22.2 Å². The molecule has 2 nitrogen and oxygen atoms in total. The molecule has 1 aromatic carbocycles. The molecule has 18 heavy (non-hydrogen) atoms. The van der Waals surface area contributed by atoms with E-state index in [0.29, 0.717) is 18.5 Å². The topological polar surface area (TPSA) is 20.3 Å². The Bertz CT molecular complexity index is 433. The maximum absolute atomic E-state index is 12.3. The highest BCUT2D eigenvalue weighted by Crippen LogP contribution is 2.40. The Morgan fingerprint density at radius 3 is 2.67 bits per heavy atom. The first-order valence-electron chi connectivity index (χ1n) is 6.76. The molecule has 0 spiro atoms. The lowest BCUT2D eigenvalue weighted by Gasteiger charge is -2.31. The van der Waals surface area contributed by atoms with Crippen LogP contribution in [0.15, 0.2) is 30.3 Å². The number of benzene rings is 1. The number of carbonyl (C=O) groups excluding carboxylic acids is 1. The third kappa shape index (κ3) is 2.03. The van der Waals surface area contributed by atoms with Gasteiger partial charge in [-0.15, -0.1) is 11.6 Å². The molecular formula is C15H18ClNO. The number of rotatable bonds is 2. The van der Waals surface area contributed by atoms with Gasteiger partial charge in [0.25, 0.3) is 0 Å². The van der Waals surface area contributed by atoms with Crippen LogP contribution in [0.5, 0.6) is 0 Å². The van der Waals surface area contributed by atoms with Crippen molar-refractivity contribution in [2.75, 3.05) is 0 Å². The van der Waals surface area contributed by atoms with E-state index in [1.165, 1.54) is 18.4 Å². The number of hydrogen-bond acceptors (Lipinski definition) is 1. The molecule has 0 N–H and O–H groups in total. The average Bonchev–Trinajstić information content (AvgIpc) is 2.66. The number of carbonyl (C=O) groups is 1. The molecule has 3 rings (SSSR count). The number of halogens is 1. The lowest BCUT2D eigenvalue weighted by molar-refractivity contribution is -0.129. The quantitative estimate of drug-likeness (QED) is 0.751. The normalized spacial score (nSPS) is 31.5. The molecule has 1 saturated heterocycles. The van der Waals surface area contributed by atoms with E-state index in [4.69, 9.17) is 11.6 Å². The van der Waals surface area contributed by atoms with Crippen LogP contribution in [0.25, 0.3) is 0 Å². The monoisotopic (exact) mass is 263 g/mol. The fourth-order valence-corrected chi connectivity index (χ4v) is 3.77. The van der Waals surface area contributed by atoms with Gasteiger partial charge in [-0.05, 0) is 18.4 Å². The van der Waals surface area contributed by atoms with Gasteiger partial charge in [0, 0.05) is 18.5 Å². The largest absolute Gasteiger partial charge is 0.334 e. The Morgan fingerprint density at radius 2 is 1.89 bits per heavy atom. The zero-order chi connectivity index (χ0) is 12.5. The molecule has 1 heterocycles. The van der Waals surface area contributed by atoms with Gasteiger partial charge in [-0.1, -0.05) is 43.2 Å². The van der Waals surface area contributed by atoms with Crippen molar-refractivity contribution in [2.24, 2.45) is 5.92 Å². The highest BCUT2D eigenvalue weighted by atomic mass is 35.5. The minimum Gasteiger partial charge on any atom is -0.334 e. The highest BCUT2D eigenvalue weighted by Gasteiger charge is 2.47. The van der Waals surface area contributed by atoms with E-state index in [1.807, 2.05) is 23.1 Å². The summed E-state index contributed by atoms with van der Waals surface area (Å²) in [4.78, 5) is 14.3. The van der Waals surface area contributed by atoms with Gasteiger partial charge in [-0.3, -0.25) is 4.79 Å². The van der Waals surface area contributed by atoms with Crippen LogP contribution in [0.2, 0.25) is 0 Å². The van der Waals surface area contributed by atoms with E-state index in [2.05, 4.69) is 12.1 Å². The maximum Gasteiger partial charge on any atom is 0.241 e. The van der Waals surface area contributed by atoms with Crippen LogP contribution in [-0.2, 0) is 11.3 Å². The second kappa shape index (κ2) is 4.93. The molecule has 96 valence electrons. The standard InChI is InChI=1S/C15H18ClNO/c16-14-12-8-4-5-9-13(12)17(15(14)18)10-11-6-2-1-3-7-11/h1-3,6-7,12-14H,4-5,8-10H2/t12-,13+,14+/m0/s1. The highest BCUT2D eigenvalue weighted by molar-refractivity contribution is 6.31. The molecule has 3 heteroatoms. The predicted octanol–water partition coefficient (Wildman–Crippen LogP) is 3.20. The van der Waals surface area contributed by atoms with Crippen molar-refractivity contribution in [1.29, 1.82) is 0 Å². The lowest BCUT2D eigenvalue weighted by atomic mass is 9.85. The number of alkyl halides is 1. The molecule has 0 unspecified atom stereocenters. The second-order valence-electron chi connectivity index (χ2n) is 5.37. The smallest absolute Gasteiger partial charge is 0.241 e. The van der Waals surface area contributed by atoms with Gasteiger partial charge in [0.2, 0.25) is 5.91 Å². The molecule has 0 bridgehead atoms. The number of hydrogen-bond donors (Lipinski definition) is 0. The summed E-state index contributed by atoms with van der Waals surface area (Å²) in [5.74, 6) is 0.508. The molecule has 1 aromatic rings. The van der Waals surface area contributed by atoms with Crippen molar-refractivity contribution in [3.63, 3.8) is 0 Å². The number of likely N-dealkylation sites (tertiary alicyclic amines) is 1. The molecule has 2 fully saturated rings. The van der Waals surface area contributed by atoms with Gasteiger partial charge in [0.15, 0.2) is 0 Å². The van der Waals surface area contributed by atoms with Gasteiger partial charge in [0.1, 0.15) is 5.38 Å². The summed E-state index contributed by atoms with van der Waals surface area (Å²) in [6.45, 7) is 0.712. The van der Waals surface area contributed by atoms with Crippen LogP contribution in [0.1, 0.15) is 31.2 Å². The summed E-state index contributed by atoms with van der Waals surface area (Å²) in [6.07, 6.45) is 4.67. The third-order valence-corrected chi connectivity index (χ3v) is 4.78. The first kappa shape index (κ1) is 12.0. The molecular weight excluding hydrogens is 246 g/mol. The third-order valence-electron chi connectivity index (χ3n) is 4.27. The average molecular weight is 264 g/mol. The molecule has 1 amide bonds. The Kier molecular flexibility index (Phi) is 3.29. The molecule has 1 saturated carbocycles. The number of fused-ring (bicyclic) bond motifs is 1. The molecule has 0 aromatic heterocycles. The Balaban J connectivity index is 1.80. The van der Waals surface area contributed by atoms with E-state index >= 15 is 0 Å². The van der Waals surface area contributed by atoms with E-state index in [-0.39, 0.29) is 11.3 Å². The summed E-state index contributed by atoms with van der Waals surface area (Å²) in [7, 11) is 0. The summed E-state index contributed by atoms with van der Waals surface area (Å²) < 4.78 is 0. The molecule has 3 atom stereocenters. The van der Waals surface area contributed by atoms with Gasteiger partial charge in [-0.2, -0.15) is 0 Å². The summed E-state index contributed by atoms with van der Waals surface area (Å²) in [5.41, 5.74) is 1.20. The van der Waals surface area contributed by atoms with Crippen molar-refractivity contribution >= 4 is 17.5 Å². The zero-order valence-corrected chi connectivity index (χ0v) is 11.1. The van der Waals surface area contributed by atoms with E-state index in [9.17, 15) is 4.79 Å². The lowest BCUT2D eigenvalue weighted by Crippen LogP contribution is -2.36. The number of amides is 1. The first-order valence-corrected chi connectivity index (χ1v) is 7.19. The van der Waals surface area contributed by atoms with Crippen molar-refractivity contribution in [3.05, 3.63) is 35.9 Å². The van der Waals surface area contributed by atoms with Gasteiger partial charge in [-0.25, -0.2) is 0 Å². The van der Waals surface area contributed by atoms with Crippen LogP contribution in [0.3, 0.4) is 0 Å². The fraction of sp³-hybridized carbons (Fsp3) is 0.533. The van der Waals surface area contributed by atoms with E-state index < -0.39 is 0 Å². The molecule has 1 aliphatic carbocycles. The summed E-state index contributed by atoms with van der Waals surface area (Å²) >= 11 is 6.31. The van der Waals surface area contributed by atoms with Crippen molar-refractivity contribution in [3.8, 4) is 0 Å². The van der Waals surface area contributed by atoms with Crippen LogP contribution < -0.4 is 0 Å². The van der Waals surface area contributed by atoms with E-state index in [1.54, 1.807) is 0 Å².